The van der Waals surface area contributed by atoms with Gasteiger partial charge in [-0.1, -0.05) is 18.2 Å². The van der Waals surface area contributed by atoms with Gasteiger partial charge in [-0.05, 0) is 12.1 Å². The number of amides is 2. The van der Waals surface area contributed by atoms with Gasteiger partial charge < -0.3 is 15.5 Å². The number of quaternary nitrogens is 1. The Morgan fingerprint density at radius 2 is 2.29 bits per heavy atom. The first kappa shape index (κ1) is 15.6. The van der Waals surface area contributed by atoms with E-state index in [0.29, 0.717) is 19.6 Å². The number of anilines is 1. The zero-order valence-electron chi connectivity index (χ0n) is 11.9. The van der Waals surface area contributed by atoms with Gasteiger partial charge in [0.25, 0.3) is 11.8 Å². The fraction of sp³-hybridized carbons (Fsp3) is 0.333. The molecule has 21 heavy (non-hydrogen) atoms. The number of hydrogen-bond acceptors (Lipinski definition) is 3. The van der Waals surface area contributed by atoms with Gasteiger partial charge in [0.15, 0.2) is 13.1 Å². The molecule has 1 fully saturated rings. The number of piperazine rings is 1. The molecule has 0 aromatic heterocycles. The van der Waals surface area contributed by atoms with E-state index in [2.05, 4.69) is 17.2 Å². The second-order valence-corrected chi connectivity index (χ2v) is 5.91. The van der Waals surface area contributed by atoms with Crippen molar-refractivity contribution in [3.8, 4) is 0 Å². The molecule has 0 bridgehead atoms. The molecule has 1 saturated heterocycles. The number of carbonyl (C=O) groups excluding carboxylic acids is 2. The first-order valence-electron chi connectivity index (χ1n) is 6.92. The van der Waals surface area contributed by atoms with E-state index in [1.54, 1.807) is 11.8 Å². The predicted octanol–water partition coefficient (Wildman–Crippen LogP) is -0.0821. The summed E-state index contributed by atoms with van der Waals surface area (Å²) in [7, 11) is 0. The highest BCUT2D eigenvalue weighted by Gasteiger charge is 2.22. The molecular formula is C15H20N3O2S+. The molecule has 112 valence electrons. The van der Waals surface area contributed by atoms with Gasteiger partial charge >= 0.3 is 0 Å². The normalized spacial score (nSPS) is 17.9. The average molecular weight is 306 g/mol. The highest BCUT2D eigenvalue weighted by molar-refractivity contribution is 7.99. The number of para-hydroxylation sites is 1. The molecule has 0 radical (unpaired) electrons. The molecular weight excluding hydrogens is 286 g/mol. The number of nitrogens with one attached hydrogen (secondary N) is 3. The van der Waals surface area contributed by atoms with Crippen molar-refractivity contribution < 1.29 is 14.5 Å². The molecule has 0 saturated carbocycles. The van der Waals surface area contributed by atoms with Crippen LogP contribution in [0, 0.1) is 0 Å². The molecule has 2 rings (SSSR count). The molecule has 1 heterocycles. The minimum atomic E-state index is -0.0636. The monoisotopic (exact) mass is 306 g/mol. The third kappa shape index (κ3) is 4.91. The van der Waals surface area contributed by atoms with E-state index >= 15 is 0 Å². The van der Waals surface area contributed by atoms with Gasteiger partial charge in [0.1, 0.15) is 0 Å². The van der Waals surface area contributed by atoms with Crippen molar-refractivity contribution in [2.24, 2.45) is 0 Å². The maximum atomic E-state index is 12.1. The Hall–Kier alpha value is -1.79. The second kappa shape index (κ2) is 7.85. The van der Waals surface area contributed by atoms with Gasteiger partial charge in [0, 0.05) is 10.6 Å². The molecule has 0 spiro atoms. The first-order valence-corrected chi connectivity index (χ1v) is 7.90. The molecule has 1 aromatic carbocycles. The van der Waals surface area contributed by atoms with Crippen molar-refractivity contribution in [3.63, 3.8) is 0 Å². The Labute approximate surface area is 128 Å². The van der Waals surface area contributed by atoms with Crippen LogP contribution in [-0.2, 0) is 9.59 Å². The van der Waals surface area contributed by atoms with E-state index in [1.165, 1.54) is 0 Å². The summed E-state index contributed by atoms with van der Waals surface area (Å²) in [6, 6.07) is 7.71. The van der Waals surface area contributed by atoms with Crippen LogP contribution >= 0.6 is 11.8 Å². The van der Waals surface area contributed by atoms with E-state index in [1.807, 2.05) is 30.3 Å². The smallest absolute Gasteiger partial charge is 0.279 e. The van der Waals surface area contributed by atoms with Crippen LogP contribution in [0.15, 0.2) is 41.8 Å². The van der Waals surface area contributed by atoms with Crippen LogP contribution in [0.3, 0.4) is 0 Å². The third-order valence-corrected chi connectivity index (χ3v) is 4.21. The molecule has 6 heteroatoms. The van der Waals surface area contributed by atoms with Gasteiger partial charge in [-0.2, -0.15) is 0 Å². The third-order valence-electron chi connectivity index (χ3n) is 3.14. The Morgan fingerprint density at radius 3 is 3.05 bits per heavy atom. The Kier molecular flexibility index (Phi) is 5.83. The van der Waals surface area contributed by atoms with Crippen LogP contribution in [0.5, 0.6) is 0 Å². The summed E-state index contributed by atoms with van der Waals surface area (Å²) in [5, 5.41) is 5.70. The number of benzene rings is 1. The number of thioether (sulfide) groups is 1. The quantitative estimate of drug-likeness (QED) is 0.509. The summed E-state index contributed by atoms with van der Waals surface area (Å²) in [4.78, 5) is 25.4. The lowest BCUT2D eigenvalue weighted by atomic mass is 10.3. The summed E-state index contributed by atoms with van der Waals surface area (Å²) in [5.74, 6) is 0.738. The molecule has 1 atom stereocenters. The molecule has 1 unspecified atom stereocenters. The largest absolute Gasteiger partial charge is 0.346 e. The minimum Gasteiger partial charge on any atom is -0.346 e. The van der Waals surface area contributed by atoms with Crippen molar-refractivity contribution in [2.75, 3.05) is 37.2 Å². The van der Waals surface area contributed by atoms with E-state index in [0.717, 1.165) is 27.8 Å². The molecule has 3 N–H and O–H groups in total. The van der Waals surface area contributed by atoms with Crippen LogP contribution in [0.2, 0.25) is 0 Å². The van der Waals surface area contributed by atoms with E-state index in [9.17, 15) is 9.59 Å². The maximum absolute atomic E-state index is 12.1. The molecule has 0 aliphatic carbocycles. The highest BCUT2D eigenvalue weighted by Crippen LogP contribution is 2.26. The number of hydrogen-bond donors (Lipinski definition) is 3. The van der Waals surface area contributed by atoms with Crippen molar-refractivity contribution in [2.45, 2.75) is 4.90 Å². The van der Waals surface area contributed by atoms with E-state index < -0.39 is 0 Å². The molecule has 5 nitrogen and oxygen atoms in total. The second-order valence-electron chi connectivity index (χ2n) is 4.85. The van der Waals surface area contributed by atoms with E-state index in [4.69, 9.17) is 0 Å². The predicted molar refractivity (Wildman–Crippen MR) is 84.6 cm³/mol. The summed E-state index contributed by atoms with van der Waals surface area (Å²) in [6.45, 7) is 5.79. The maximum Gasteiger partial charge on any atom is 0.279 e. The molecule has 1 aliphatic heterocycles. The standard InChI is InChI=1S/C15H19N3O2S/c1-2-9-21-13-6-4-3-5-12(13)17-15(20)11-18-8-7-16-14(19)10-18/h2-6H,1,7-11H2,(H,16,19)(H,17,20)/p+1. The first-order chi connectivity index (χ1) is 10.2. The van der Waals surface area contributed by atoms with Gasteiger partial charge in [-0.15, -0.1) is 18.3 Å². The highest BCUT2D eigenvalue weighted by atomic mass is 32.2. The molecule has 1 aliphatic rings. The fourth-order valence-corrected chi connectivity index (χ4v) is 2.92. The number of rotatable bonds is 6. The Morgan fingerprint density at radius 1 is 1.48 bits per heavy atom. The minimum absolute atomic E-state index is 0.00555. The van der Waals surface area contributed by atoms with Crippen molar-refractivity contribution in [1.29, 1.82) is 0 Å². The molecule has 2 amide bonds. The van der Waals surface area contributed by atoms with Gasteiger partial charge in [-0.25, -0.2) is 0 Å². The lowest BCUT2D eigenvalue weighted by Gasteiger charge is -2.23. The van der Waals surface area contributed by atoms with Gasteiger partial charge in [0.2, 0.25) is 0 Å². The Balaban J connectivity index is 1.92. The fourth-order valence-electron chi connectivity index (χ4n) is 2.17. The number of carbonyl (C=O) groups is 2. The summed E-state index contributed by atoms with van der Waals surface area (Å²) in [6.07, 6.45) is 1.83. The zero-order chi connectivity index (χ0) is 15.1. The van der Waals surface area contributed by atoms with Crippen molar-refractivity contribution >= 4 is 29.3 Å². The van der Waals surface area contributed by atoms with Gasteiger partial charge in [0.05, 0.1) is 18.8 Å². The van der Waals surface area contributed by atoms with E-state index in [-0.39, 0.29) is 11.8 Å². The topological polar surface area (TPSA) is 62.6 Å². The van der Waals surface area contributed by atoms with Crippen LogP contribution < -0.4 is 15.5 Å². The SMILES string of the molecule is C=CCSc1ccccc1NC(=O)C[NH+]1CCNC(=O)C1. The summed E-state index contributed by atoms with van der Waals surface area (Å²) < 4.78 is 0. The van der Waals surface area contributed by atoms with Crippen LogP contribution in [0.1, 0.15) is 0 Å². The van der Waals surface area contributed by atoms with Gasteiger partial charge in [-0.3, -0.25) is 9.59 Å². The van der Waals surface area contributed by atoms with Crippen LogP contribution in [0.4, 0.5) is 5.69 Å². The summed E-state index contributed by atoms with van der Waals surface area (Å²) >= 11 is 1.63. The zero-order valence-corrected chi connectivity index (χ0v) is 12.7. The Bertz CT molecular complexity index is 533. The summed E-state index contributed by atoms with van der Waals surface area (Å²) in [5.41, 5.74) is 0.815. The van der Waals surface area contributed by atoms with Crippen LogP contribution in [-0.4, -0.2) is 43.7 Å². The lowest BCUT2D eigenvalue weighted by Crippen LogP contribution is -3.16. The van der Waals surface area contributed by atoms with Crippen LogP contribution in [0.25, 0.3) is 0 Å². The van der Waals surface area contributed by atoms with Crippen molar-refractivity contribution in [3.05, 3.63) is 36.9 Å². The van der Waals surface area contributed by atoms with Crippen molar-refractivity contribution in [1.82, 2.24) is 5.32 Å². The lowest BCUT2D eigenvalue weighted by molar-refractivity contribution is -0.885. The average Bonchev–Trinajstić information content (AvgIpc) is 2.46. The molecule has 1 aromatic rings.